The molecule has 0 atom stereocenters. The fourth-order valence-electron chi connectivity index (χ4n) is 2.37. The second kappa shape index (κ2) is 6.18. The molecule has 1 saturated heterocycles. The zero-order valence-electron chi connectivity index (χ0n) is 11.2. The van der Waals surface area contributed by atoms with Crippen molar-refractivity contribution in [1.82, 2.24) is 4.90 Å². The molecule has 0 aromatic heterocycles. The summed E-state index contributed by atoms with van der Waals surface area (Å²) in [4.78, 5) is 13.2. The van der Waals surface area contributed by atoms with Gasteiger partial charge in [-0.2, -0.15) is 0 Å². The van der Waals surface area contributed by atoms with Gasteiger partial charge in [0.25, 0.3) is 5.92 Å². The van der Waals surface area contributed by atoms with Crippen LogP contribution in [-0.2, 0) is 11.3 Å². The highest BCUT2D eigenvalue weighted by molar-refractivity contribution is 9.10. The Hall–Kier alpha value is -1.01. The third-order valence-corrected chi connectivity index (χ3v) is 3.97. The number of methoxy groups -OCH3 is 1. The van der Waals surface area contributed by atoms with Crippen molar-refractivity contribution >= 4 is 21.9 Å². The molecule has 1 aliphatic heterocycles. The van der Waals surface area contributed by atoms with E-state index < -0.39 is 11.9 Å². The number of halogens is 3. The van der Waals surface area contributed by atoms with Crippen LogP contribution in [0.15, 0.2) is 22.7 Å². The maximum absolute atomic E-state index is 13.3. The van der Waals surface area contributed by atoms with Crippen LogP contribution < -0.4 is 0 Å². The van der Waals surface area contributed by atoms with Gasteiger partial charge in [0.2, 0.25) is 0 Å². The fourth-order valence-corrected chi connectivity index (χ4v) is 2.96. The average molecular weight is 348 g/mol. The lowest BCUT2D eigenvalue weighted by Crippen LogP contribution is -2.42. The highest BCUT2D eigenvalue weighted by Gasteiger charge is 2.34. The first-order valence-corrected chi connectivity index (χ1v) is 7.17. The molecule has 1 fully saturated rings. The Bertz CT molecular complexity index is 508. The molecule has 1 aromatic rings. The number of hydrogen-bond donors (Lipinski definition) is 0. The van der Waals surface area contributed by atoms with Crippen molar-refractivity contribution in [3.63, 3.8) is 0 Å². The van der Waals surface area contributed by atoms with E-state index >= 15 is 0 Å². The number of alkyl halides is 2. The Balaban J connectivity index is 2.07. The van der Waals surface area contributed by atoms with E-state index in [-0.39, 0.29) is 13.0 Å². The summed E-state index contributed by atoms with van der Waals surface area (Å²) < 4.78 is 32.0. The number of piperidine rings is 1. The molecule has 0 spiro atoms. The lowest BCUT2D eigenvalue weighted by atomic mass is 10.1. The molecule has 20 heavy (non-hydrogen) atoms. The minimum atomic E-state index is -2.60. The molecule has 3 nitrogen and oxygen atoms in total. The van der Waals surface area contributed by atoms with Crippen LogP contribution in [0.2, 0.25) is 0 Å². The van der Waals surface area contributed by atoms with Crippen molar-refractivity contribution < 1.29 is 18.3 Å². The molecule has 1 heterocycles. The molecule has 0 bridgehead atoms. The number of carbonyl (C=O) groups is 1. The summed E-state index contributed by atoms with van der Waals surface area (Å²) in [5.41, 5.74) is 1.32. The van der Waals surface area contributed by atoms with Crippen molar-refractivity contribution in [2.24, 2.45) is 0 Å². The van der Waals surface area contributed by atoms with E-state index in [9.17, 15) is 13.6 Å². The minimum absolute atomic E-state index is 0.0333. The van der Waals surface area contributed by atoms with Gasteiger partial charge in [-0.25, -0.2) is 13.6 Å². The van der Waals surface area contributed by atoms with Gasteiger partial charge < -0.3 is 4.74 Å². The number of likely N-dealkylation sites (tertiary alicyclic amines) is 1. The number of ether oxygens (including phenoxy) is 1. The molecule has 1 aromatic carbocycles. The van der Waals surface area contributed by atoms with Gasteiger partial charge in [0.15, 0.2) is 0 Å². The Morgan fingerprint density at radius 2 is 2.25 bits per heavy atom. The maximum Gasteiger partial charge on any atom is 0.338 e. The zero-order chi connectivity index (χ0) is 14.8. The summed E-state index contributed by atoms with van der Waals surface area (Å²) in [6.45, 7) is 0.922. The summed E-state index contributed by atoms with van der Waals surface area (Å²) >= 11 is 3.31. The Morgan fingerprint density at radius 1 is 1.50 bits per heavy atom. The highest BCUT2D eigenvalue weighted by atomic mass is 79.9. The molecule has 0 N–H and O–H groups in total. The fraction of sp³-hybridized carbons (Fsp3) is 0.500. The van der Waals surface area contributed by atoms with Gasteiger partial charge in [-0.05, 0) is 46.6 Å². The SMILES string of the molecule is COC(=O)c1ccc(CN2CCCC(F)(F)C2)cc1Br. The molecule has 0 amide bonds. The standard InChI is InChI=1S/C14H16BrF2NO2/c1-20-13(19)11-4-3-10(7-12(11)15)8-18-6-2-5-14(16,17)9-18/h3-4,7H,2,5-6,8-9H2,1H3. The van der Waals surface area contributed by atoms with Gasteiger partial charge >= 0.3 is 5.97 Å². The summed E-state index contributed by atoms with van der Waals surface area (Å²) in [5.74, 6) is -3.02. The predicted octanol–water partition coefficient (Wildman–Crippen LogP) is 3.47. The van der Waals surface area contributed by atoms with Gasteiger partial charge in [-0.1, -0.05) is 6.07 Å². The quantitative estimate of drug-likeness (QED) is 0.784. The average Bonchev–Trinajstić information content (AvgIpc) is 2.37. The van der Waals surface area contributed by atoms with E-state index in [2.05, 4.69) is 20.7 Å². The molecule has 1 aliphatic rings. The largest absolute Gasteiger partial charge is 0.465 e. The van der Waals surface area contributed by atoms with Crippen molar-refractivity contribution in [2.75, 3.05) is 20.2 Å². The first kappa shape index (κ1) is 15.4. The molecule has 0 unspecified atom stereocenters. The predicted molar refractivity (Wildman–Crippen MR) is 74.9 cm³/mol. The van der Waals surface area contributed by atoms with Gasteiger partial charge in [0, 0.05) is 17.4 Å². The summed E-state index contributed by atoms with van der Waals surface area (Å²) in [5, 5.41) is 0. The van der Waals surface area contributed by atoms with E-state index in [0.717, 1.165) is 5.56 Å². The van der Waals surface area contributed by atoms with Crippen LogP contribution in [0.5, 0.6) is 0 Å². The van der Waals surface area contributed by atoms with Gasteiger partial charge in [-0.15, -0.1) is 0 Å². The third kappa shape index (κ3) is 3.76. The van der Waals surface area contributed by atoms with Crippen LogP contribution in [0, 0.1) is 0 Å². The van der Waals surface area contributed by atoms with Crippen molar-refractivity contribution in [3.8, 4) is 0 Å². The maximum atomic E-state index is 13.3. The number of rotatable bonds is 3. The molecular weight excluding hydrogens is 332 g/mol. The molecule has 110 valence electrons. The number of carbonyl (C=O) groups excluding carboxylic acids is 1. The molecule has 0 aliphatic carbocycles. The first-order valence-electron chi connectivity index (χ1n) is 6.38. The Kier molecular flexibility index (Phi) is 4.75. The van der Waals surface area contributed by atoms with Crippen molar-refractivity contribution in [3.05, 3.63) is 33.8 Å². The second-order valence-corrected chi connectivity index (χ2v) is 5.83. The highest BCUT2D eigenvalue weighted by Crippen LogP contribution is 2.28. The Morgan fingerprint density at radius 3 is 2.85 bits per heavy atom. The van der Waals surface area contributed by atoms with E-state index in [1.54, 1.807) is 23.1 Å². The van der Waals surface area contributed by atoms with Gasteiger partial charge in [-0.3, -0.25) is 4.90 Å². The van der Waals surface area contributed by atoms with E-state index in [0.29, 0.717) is 29.5 Å². The van der Waals surface area contributed by atoms with Gasteiger partial charge in [0.05, 0.1) is 19.2 Å². The lowest BCUT2D eigenvalue weighted by Gasteiger charge is -2.32. The third-order valence-electron chi connectivity index (χ3n) is 3.32. The van der Waals surface area contributed by atoms with E-state index in [1.165, 1.54) is 7.11 Å². The van der Waals surface area contributed by atoms with Crippen molar-refractivity contribution in [2.45, 2.75) is 25.3 Å². The minimum Gasteiger partial charge on any atom is -0.465 e. The molecule has 6 heteroatoms. The smallest absolute Gasteiger partial charge is 0.338 e. The van der Waals surface area contributed by atoms with Crippen LogP contribution in [0.25, 0.3) is 0 Å². The monoisotopic (exact) mass is 347 g/mol. The summed E-state index contributed by atoms with van der Waals surface area (Å²) in [7, 11) is 1.32. The van der Waals surface area contributed by atoms with Crippen LogP contribution >= 0.6 is 15.9 Å². The lowest BCUT2D eigenvalue weighted by molar-refractivity contribution is -0.0661. The number of benzene rings is 1. The Labute approximate surface area is 125 Å². The van der Waals surface area contributed by atoms with Crippen molar-refractivity contribution in [1.29, 1.82) is 0 Å². The molecular formula is C14H16BrF2NO2. The molecule has 2 rings (SSSR count). The number of nitrogens with zero attached hydrogens (tertiary/aromatic N) is 1. The van der Waals surface area contributed by atoms with Crippen LogP contribution in [0.4, 0.5) is 8.78 Å². The summed E-state index contributed by atoms with van der Waals surface area (Å²) in [6, 6.07) is 5.19. The van der Waals surface area contributed by atoms with Crippen LogP contribution in [0.1, 0.15) is 28.8 Å². The number of hydrogen-bond acceptors (Lipinski definition) is 3. The number of esters is 1. The first-order chi connectivity index (χ1) is 9.41. The second-order valence-electron chi connectivity index (χ2n) is 4.98. The normalized spacial score (nSPS) is 18.8. The zero-order valence-corrected chi connectivity index (χ0v) is 12.8. The van der Waals surface area contributed by atoms with E-state index in [4.69, 9.17) is 0 Å². The molecule has 0 saturated carbocycles. The summed E-state index contributed by atoms with van der Waals surface area (Å²) in [6.07, 6.45) is 0.475. The van der Waals surface area contributed by atoms with Crippen LogP contribution in [0.3, 0.4) is 0 Å². The van der Waals surface area contributed by atoms with Gasteiger partial charge in [0.1, 0.15) is 0 Å². The topological polar surface area (TPSA) is 29.5 Å². The molecule has 0 radical (unpaired) electrons. The van der Waals surface area contributed by atoms with Crippen LogP contribution in [-0.4, -0.2) is 37.0 Å². The van der Waals surface area contributed by atoms with E-state index in [1.807, 2.05) is 0 Å².